The van der Waals surface area contributed by atoms with E-state index in [1.165, 1.54) is 0 Å². The van der Waals surface area contributed by atoms with Gasteiger partial charge in [0.05, 0.1) is 15.7 Å². The van der Waals surface area contributed by atoms with Crippen molar-refractivity contribution >= 4 is 34.8 Å². The van der Waals surface area contributed by atoms with Gasteiger partial charge in [-0.15, -0.1) is 0 Å². The van der Waals surface area contributed by atoms with Gasteiger partial charge in [-0.1, -0.05) is 42.6 Å². The summed E-state index contributed by atoms with van der Waals surface area (Å²) in [5, 5.41) is 3.57. The summed E-state index contributed by atoms with van der Waals surface area (Å²) in [4.78, 5) is 11.4. The zero-order chi connectivity index (χ0) is 11.3. The van der Waals surface area contributed by atoms with Crippen LogP contribution in [0.2, 0.25) is 10.0 Å². The van der Waals surface area contributed by atoms with E-state index in [4.69, 9.17) is 23.2 Å². The first-order chi connectivity index (χ1) is 7.15. The van der Waals surface area contributed by atoms with Gasteiger partial charge in [-0.2, -0.15) is 0 Å². The normalized spacial score (nSPS) is 10.1. The van der Waals surface area contributed by atoms with Gasteiger partial charge in [-0.25, -0.2) is 0 Å². The Labute approximate surface area is 99.6 Å². The van der Waals surface area contributed by atoms with Gasteiger partial charge in [0.2, 0.25) is 5.91 Å². The monoisotopic (exact) mass is 245 g/mol. The van der Waals surface area contributed by atoms with Crippen molar-refractivity contribution in [1.82, 2.24) is 0 Å². The number of rotatable bonds is 4. The van der Waals surface area contributed by atoms with Crippen molar-refractivity contribution in [2.24, 2.45) is 0 Å². The van der Waals surface area contributed by atoms with Crippen LogP contribution in [0.25, 0.3) is 0 Å². The van der Waals surface area contributed by atoms with Crippen molar-refractivity contribution in [3.05, 3.63) is 28.2 Å². The molecule has 0 unspecified atom stereocenters. The van der Waals surface area contributed by atoms with Crippen LogP contribution in [0.4, 0.5) is 5.69 Å². The molecule has 0 spiro atoms. The van der Waals surface area contributed by atoms with E-state index in [9.17, 15) is 4.79 Å². The smallest absolute Gasteiger partial charge is 0.224 e. The van der Waals surface area contributed by atoms with E-state index >= 15 is 0 Å². The standard InChI is InChI=1S/C11H13Cl2NO/c1-2-3-7-10(15)14-9-6-4-5-8(12)11(9)13/h4-6H,2-3,7H2,1H3,(H,14,15). The second-order valence-electron chi connectivity index (χ2n) is 3.25. The Morgan fingerprint density at radius 1 is 1.40 bits per heavy atom. The maximum absolute atomic E-state index is 11.4. The maximum Gasteiger partial charge on any atom is 0.224 e. The van der Waals surface area contributed by atoms with E-state index in [0.717, 1.165) is 12.8 Å². The third kappa shape index (κ3) is 3.73. The molecular formula is C11H13Cl2NO. The first-order valence-corrected chi connectivity index (χ1v) is 5.64. The molecule has 0 fully saturated rings. The van der Waals surface area contributed by atoms with Gasteiger partial charge >= 0.3 is 0 Å². The minimum absolute atomic E-state index is 0.0268. The summed E-state index contributed by atoms with van der Waals surface area (Å²) in [5.74, 6) is -0.0268. The molecule has 82 valence electrons. The molecule has 2 nitrogen and oxygen atoms in total. The first kappa shape index (κ1) is 12.3. The number of anilines is 1. The first-order valence-electron chi connectivity index (χ1n) is 4.89. The van der Waals surface area contributed by atoms with E-state index in [1.807, 2.05) is 6.92 Å². The molecule has 0 atom stereocenters. The lowest BCUT2D eigenvalue weighted by Crippen LogP contribution is -2.11. The Bertz CT molecular complexity index is 352. The number of carbonyl (C=O) groups is 1. The van der Waals surface area contributed by atoms with Gasteiger partial charge in [0.1, 0.15) is 0 Å². The van der Waals surface area contributed by atoms with Gasteiger partial charge in [0, 0.05) is 6.42 Å². The van der Waals surface area contributed by atoms with Crippen molar-refractivity contribution in [2.45, 2.75) is 26.2 Å². The van der Waals surface area contributed by atoms with Crippen LogP contribution in [-0.4, -0.2) is 5.91 Å². The number of hydrogen-bond acceptors (Lipinski definition) is 1. The Hall–Kier alpha value is -0.730. The van der Waals surface area contributed by atoms with Crippen LogP contribution in [0.1, 0.15) is 26.2 Å². The molecule has 0 bridgehead atoms. The zero-order valence-corrected chi connectivity index (χ0v) is 10.0. The highest BCUT2D eigenvalue weighted by molar-refractivity contribution is 6.43. The molecule has 1 rings (SSSR count). The van der Waals surface area contributed by atoms with Crippen molar-refractivity contribution in [1.29, 1.82) is 0 Å². The molecule has 0 aliphatic rings. The zero-order valence-electron chi connectivity index (χ0n) is 8.52. The molecule has 1 N–H and O–H groups in total. The van der Waals surface area contributed by atoms with Gasteiger partial charge in [-0.3, -0.25) is 4.79 Å². The summed E-state index contributed by atoms with van der Waals surface area (Å²) in [6.45, 7) is 2.04. The average molecular weight is 246 g/mol. The van der Waals surface area contributed by atoms with Crippen LogP contribution >= 0.6 is 23.2 Å². The second-order valence-corrected chi connectivity index (χ2v) is 4.04. The van der Waals surface area contributed by atoms with Crippen LogP contribution in [0, 0.1) is 0 Å². The lowest BCUT2D eigenvalue weighted by Gasteiger charge is -2.07. The van der Waals surface area contributed by atoms with E-state index in [-0.39, 0.29) is 5.91 Å². The SMILES string of the molecule is CCCCC(=O)Nc1cccc(Cl)c1Cl. The second kappa shape index (κ2) is 5.99. The highest BCUT2D eigenvalue weighted by Gasteiger charge is 2.07. The number of benzene rings is 1. The summed E-state index contributed by atoms with van der Waals surface area (Å²) < 4.78 is 0. The quantitative estimate of drug-likeness (QED) is 0.850. The van der Waals surface area contributed by atoms with Crippen molar-refractivity contribution in [3.8, 4) is 0 Å². The lowest BCUT2D eigenvalue weighted by atomic mass is 10.2. The minimum Gasteiger partial charge on any atom is -0.325 e. The molecular weight excluding hydrogens is 233 g/mol. The van der Waals surface area contributed by atoms with Gasteiger partial charge in [0.25, 0.3) is 0 Å². The van der Waals surface area contributed by atoms with Gasteiger partial charge in [-0.05, 0) is 18.6 Å². The van der Waals surface area contributed by atoms with Gasteiger partial charge < -0.3 is 5.32 Å². The summed E-state index contributed by atoms with van der Waals surface area (Å²) in [6, 6.07) is 5.17. The summed E-state index contributed by atoms with van der Waals surface area (Å²) in [7, 11) is 0. The fourth-order valence-electron chi connectivity index (χ4n) is 1.15. The third-order valence-corrected chi connectivity index (χ3v) is 2.80. The number of halogens is 2. The van der Waals surface area contributed by atoms with E-state index < -0.39 is 0 Å². The summed E-state index contributed by atoms with van der Waals surface area (Å²) in [5.41, 5.74) is 0.574. The molecule has 0 heterocycles. The predicted molar refractivity (Wildman–Crippen MR) is 64.6 cm³/mol. The number of hydrogen-bond donors (Lipinski definition) is 1. The molecule has 0 saturated carbocycles. The molecule has 1 aromatic rings. The topological polar surface area (TPSA) is 29.1 Å². The lowest BCUT2D eigenvalue weighted by molar-refractivity contribution is -0.116. The van der Waals surface area contributed by atoms with Gasteiger partial charge in [0.15, 0.2) is 0 Å². The molecule has 1 amide bonds. The summed E-state index contributed by atoms with van der Waals surface area (Å²) in [6.07, 6.45) is 2.39. The third-order valence-electron chi connectivity index (χ3n) is 1.98. The van der Waals surface area contributed by atoms with Crippen LogP contribution in [0.3, 0.4) is 0 Å². The number of unbranched alkanes of at least 4 members (excludes halogenated alkanes) is 1. The molecule has 0 aliphatic heterocycles. The Morgan fingerprint density at radius 3 is 2.80 bits per heavy atom. The minimum atomic E-state index is -0.0268. The maximum atomic E-state index is 11.4. The molecule has 4 heteroatoms. The Balaban J connectivity index is 2.64. The van der Waals surface area contributed by atoms with E-state index in [0.29, 0.717) is 22.2 Å². The fourth-order valence-corrected chi connectivity index (χ4v) is 1.50. The number of amides is 1. The van der Waals surface area contributed by atoms with Crippen LogP contribution < -0.4 is 5.32 Å². The van der Waals surface area contributed by atoms with Crippen LogP contribution in [-0.2, 0) is 4.79 Å². The fraction of sp³-hybridized carbons (Fsp3) is 0.364. The van der Waals surface area contributed by atoms with E-state index in [1.54, 1.807) is 18.2 Å². The molecule has 15 heavy (non-hydrogen) atoms. The average Bonchev–Trinajstić information content (AvgIpc) is 2.22. The van der Waals surface area contributed by atoms with Crippen molar-refractivity contribution in [2.75, 3.05) is 5.32 Å². The molecule has 0 radical (unpaired) electrons. The number of carbonyl (C=O) groups excluding carboxylic acids is 1. The molecule has 1 aromatic carbocycles. The largest absolute Gasteiger partial charge is 0.325 e. The number of nitrogens with one attached hydrogen (secondary N) is 1. The van der Waals surface area contributed by atoms with E-state index in [2.05, 4.69) is 5.32 Å². The Kier molecular flexibility index (Phi) is 4.92. The Morgan fingerprint density at radius 2 is 2.13 bits per heavy atom. The van der Waals surface area contributed by atoms with Crippen LogP contribution in [0.5, 0.6) is 0 Å². The summed E-state index contributed by atoms with van der Waals surface area (Å²) >= 11 is 11.7. The van der Waals surface area contributed by atoms with Crippen LogP contribution in [0.15, 0.2) is 18.2 Å². The molecule has 0 saturated heterocycles. The molecule has 0 aliphatic carbocycles. The highest BCUT2D eigenvalue weighted by atomic mass is 35.5. The van der Waals surface area contributed by atoms with Crippen molar-refractivity contribution < 1.29 is 4.79 Å². The van der Waals surface area contributed by atoms with Crippen molar-refractivity contribution in [3.63, 3.8) is 0 Å². The highest BCUT2D eigenvalue weighted by Crippen LogP contribution is 2.29. The predicted octanol–water partition coefficient (Wildman–Crippen LogP) is 4.12. The molecule has 0 aromatic heterocycles.